The Hall–Kier alpha value is -8.78. The lowest BCUT2D eigenvalue weighted by Gasteiger charge is -2.35. The lowest BCUT2D eigenvalue weighted by atomic mass is 9.67. The molecule has 324 valence electrons. The van der Waals surface area contributed by atoms with Crippen LogP contribution in [0.5, 0.6) is 0 Å². The first-order valence-corrected chi connectivity index (χ1v) is 24.0. The number of rotatable bonds is 9. The topological polar surface area (TPSA) is 3.24 Å². The summed E-state index contributed by atoms with van der Waals surface area (Å²) >= 11 is 0. The largest absolute Gasteiger partial charge is 0.310 e. The summed E-state index contributed by atoms with van der Waals surface area (Å²) in [5.41, 5.74) is 22.4. The van der Waals surface area contributed by atoms with E-state index in [9.17, 15) is 0 Å². The minimum atomic E-state index is -0.523. The Bertz CT molecular complexity index is 3560. The van der Waals surface area contributed by atoms with Crippen LogP contribution in [0, 0.1) is 0 Å². The second kappa shape index (κ2) is 16.5. The summed E-state index contributed by atoms with van der Waals surface area (Å²) in [5, 5.41) is 0. The summed E-state index contributed by atoms with van der Waals surface area (Å²) in [7, 11) is 0. The van der Waals surface area contributed by atoms with Crippen LogP contribution in [0.4, 0.5) is 17.1 Å². The van der Waals surface area contributed by atoms with Gasteiger partial charge in [0.25, 0.3) is 0 Å². The molecule has 2 aliphatic rings. The van der Waals surface area contributed by atoms with E-state index in [4.69, 9.17) is 0 Å². The third kappa shape index (κ3) is 6.24. The van der Waals surface area contributed by atoms with Crippen molar-refractivity contribution in [1.29, 1.82) is 0 Å². The van der Waals surface area contributed by atoms with Gasteiger partial charge in [-0.1, -0.05) is 249 Å². The fraction of sp³-hybridized carbons (Fsp3) is 0.0294. The summed E-state index contributed by atoms with van der Waals surface area (Å²) in [6, 6.07) is 105. The lowest BCUT2D eigenvalue weighted by Crippen LogP contribution is -2.28. The molecular weight excluding hydrogens is 831 g/mol. The molecule has 11 aromatic rings. The van der Waals surface area contributed by atoms with Gasteiger partial charge in [0.1, 0.15) is 0 Å². The highest BCUT2D eigenvalue weighted by molar-refractivity contribution is 5.96. The number of fused-ring (bicyclic) bond motifs is 6. The maximum absolute atomic E-state index is 2.46. The van der Waals surface area contributed by atoms with Crippen LogP contribution in [0.2, 0.25) is 0 Å². The van der Waals surface area contributed by atoms with Crippen LogP contribution in [0.15, 0.2) is 285 Å². The Morgan fingerprint density at radius 3 is 1.22 bits per heavy atom. The summed E-state index contributed by atoms with van der Waals surface area (Å²) in [6.07, 6.45) is 0. The highest BCUT2D eigenvalue weighted by atomic mass is 15.1. The first-order chi connectivity index (χ1) is 34.2. The molecule has 0 spiro atoms. The molecule has 0 aliphatic heterocycles. The third-order valence-electron chi connectivity index (χ3n) is 14.8. The lowest BCUT2D eigenvalue weighted by molar-refractivity contribution is 0.768. The number of hydrogen-bond acceptors (Lipinski definition) is 1. The highest BCUT2D eigenvalue weighted by Gasteiger charge is 2.48. The van der Waals surface area contributed by atoms with Crippen LogP contribution in [0.3, 0.4) is 0 Å². The molecular formula is C68H47N. The van der Waals surface area contributed by atoms with Crippen molar-refractivity contribution in [3.8, 4) is 44.5 Å². The minimum absolute atomic E-state index is 0.465. The van der Waals surface area contributed by atoms with Crippen LogP contribution in [0.25, 0.3) is 44.5 Å². The molecule has 0 unspecified atom stereocenters. The zero-order valence-corrected chi connectivity index (χ0v) is 38.1. The molecule has 0 amide bonds. The van der Waals surface area contributed by atoms with Crippen molar-refractivity contribution in [1.82, 2.24) is 0 Å². The van der Waals surface area contributed by atoms with Crippen molar-refractivity contribution in [3.63, 3.8) is 0 Å². The van der Waals surface area contributed by atoms with Crippen molar-refractivity contribution < 1.29 is 0 Å². The van der Waals surface area contributed by atoms with E-state index in [1.165, 1.54) is 89.0 Å². The molecule has 69 heavy (non-hydrogen) atoms. The molecule has 1 heteroatoms. The third-order valence-corrected chi connectivity index (χ3v) is 14.8. The first-order valence-electron chi connectivity index (χ1n) is 24.0. The van der Waals surface area contributed by atoms with Crippen LogP contribution in [0.1, 0.15) is 44.5 Å². The van der Waals surface area contributed by atoms with Crippen molar-refractivity contribution in [2.75, 3.05) is 4.90 Å². The minimum Gasteiger partial charge on any atom is -0.310 e. The smallest absolute Gasteiger partial charge is 0.0714 e. The highest BCUT2D eigenvalue weighted by Crippen LogP contribution is 2.59. The summed E-state index contributed by atoms with van der Waals surface area (Å²) < 4.78 is 0. The maximum atomic E-state index is 2.46. The molecule has 0 saturated heterocycles. The van der Waals surface area contributed by atoms with Gasteiger partial charge < -0.3 is 4.90 Å². The molecule has 2 aliphatic carbocycles. The number of nitrogens with zero attached hydrogens (tertiary/aromatic N) is 1. The zero-order chi connectivity index (χ0) is 45.8. The quantitative estimate of drug-likeness (QED) is 0.140. The zero-order valence-electron chi connectivity index (χ0n) is 38.1. The van der Waals surface area contributed by atoms with Crippen LogP contribution < -0.4 is 4.90 Å². The van der Waals surface area contributed by atoms with Crippen molar-refractivity contribution in [2.45, 2.75) is 10.8 Å². The van der Waals surface area contributed by atoms with Gasteiger partial charge in [0, 0.05) is 17.1 Å². The van der Waals surface area contributed by atoms with Crippen molar-refractivity contribution >= 4 is 17.1 Å². The number of hydrogen-bond donors (Lipinski definition) is 0. The van der Waals surface area contributed by atoms with Crippen LogP contribution in [-0.4, -0.2) is 0 Å². The average molecular weight is 878 g/mol. The summed E-state index contributed by atoms with van der Waals surface area (Å²) in [5.74, 6) is 0. The van der Waals surface area contributed by atoms with E-state index in [1.54, 1.807) is 0 Å². The summed E-state index contributed by atoms with van der Waals surface area (Å²) in [4.78, 5) is 2.45. The van der Waals surface area contributed by atoms with E-state index in [-0.39, 0.29) is 0 Å². The van der Waals surface area contributed by atoms with E-state index in [0.717, 1.165) is 17.1 Å². The van der Waals surface area contributed by atoms with Gasteiger partial charge in [0.05, 0.1) is 10.8 Å². The van der Waals surface area contributed by atoms with Gasteiger partial charge in [-0.15, -0.1) is 0 Å². The Balaban J connectivity index is 1.00. The Morgan fingerprint density at radius 1 is 0.217 bits per heavy atom. The van der Waals surface area contributed by atoms with Gasteiger partial charge in [-0.05, 0) is 125 Å². The van der Waals surface area contributed by atoms with Crippen LogP contribution >= 0.6 is 0 Å². The summed E-state index contributed by atoms with van der Waals surface area (Å²) in [6.45, 7) is 0. The Morgan fingerprint density at radius 2 is 0.623 bits per heavy atom. The van der Waals surface area contributed by atoms with Gasteiger partial charge in [0.15, 0.2) is 0 Å². The molecule has 0 saturated carbocycles. The normalized spacial score (nSPS) is 13.4. The molecule has 0 fully saturated rings. The monoisotopic (exact) mass is 877 g/mol. The van der Waals surface area contributed by atoms with Gasteiger partial charge >= 0.3 is 0 Å². The van der Waals surface area contributed by atoms with Crippen molar-refractivity contribution in [2.24, 2.45) is 0 Å². The molecule has 0 aromatic heterocycles. The van der Waals surface area contributed by atoms with Gasteiger partial charge in [0.2, 0.25) is 0 Å². The standard InChI is InChI=1S/C68H47N/c1-6-22-48(23-7-1)50-24-20-33-56(46-50)69(57-44-45-60-59-34-16-18-37-62(59)68(65(60)47-57,53-29-12-4-13-30-53)54-31-14-5-15-32-54)55-42-40-49(41-43-55)58-36-21-39-64-66(58)61-35-17-19-38-63(61)67(64,51-25-8-2-9-26-51)52-27-10-3-11-28-52/h1-47H. The molecule has 0 atom stereocenters. The maximum Gasteiger partial charge on any atom is 0.0714 e. The SMILES string of the molecule is c1ccc(-c2cccc(N(c3ccc(-c4cccc5c4-c4ccccc4C5(c4ccccc4)c4ccccc4)cc3)c3ccc4c(c3)C(c3ccccc3)(c3ccccc3)c3ccccc3-4)c2)cc1. The average Bonchev–Trinajstić information content (AvgIpc) is 3.91. The molecule has 0 heterocycles. The Labute approximate surface area is 404 Å². The predicted octanol–water partition coefficient (Wildman–Crippen LogP) is 17.2. The molecule has 1 nitrogen and oxygen atoms in total. The van der Waals surface area contributed by atoms with E-state index in [1.807, 2.05) is 0 Å². The molecule has 0 bridgehead atoms. The van der Waals surface area contributed by atoms with Gasteiger partial charge in [-0.2, -0.15) is 0 Å². The van der Waals surface area contributed by atoms with E-state index >= 15 is 0 Å². The van der Waals surface area contributed by atoms with Gasteiger partial charge in [-0.25, -0.2) is 0 Å². The van der Waals surface area contributed by atoms with Gasteiger partial charge in [-0.3, -0.25) is 0 Å². The fourth-order valence-electron chi connectivity index (χ4n) is 12.0. The fourth-order valence-corrected chi connectivity index (χ4v) is 12.0. The van der Waals surface area contributed by atoms with E-state index in [2.05, 4.69) is 290 Å². The molecule has 13 rings (SSSR count). The number of anilines is 3. The van der Waals surface area contributed by atoms with E-state index in [0.29, 0.717) is 0 Å². The second-order valence-electron chi connectivity index (χ2n) is 18.3. The van der Waals surface area contributed by atoms with E-state index < -0.39 is 10.8 Å². The second-order valence-corrected chi connectivity index (χ2v) is 18.3. The van der Waals surface area contributed by atoms with Crippen molar-refractivity contribution in [3.05, 3.63) is 330 Å². The number of benzene rings is 11. The molecule has 0 radical (unpaired) electrons. The predicted molar refractivity (Wildman–Crippen MR) is 287 cm³/mol. The molecule has 11 aromatic carbocycles. The van der Waals surface area contributed by atoms with Crippen LogP contribution in [-0.2, 0) is 10.8 Å². The Kier molecular flexibility index (Phi) is 9.70. The molecule has 0 N–H and O–H groups in total. The first kappa shape index (κ1) is 40.5.